The molecule has 1 aliphatic heterocycles. The monoisotopic (exact) mass is 208 g/mol. The lowest BCUT2D eigenvalue weighted by Gasteiger charge is -2.11. The van der Waals surface area contributed by atoms with Crippen molar-refractivity contribution in [2.75, 3.05) is 24.2 Å². The Balaban J connectivity index is 2.54. The summed E-state index contributed by atoms with van der Waals surface area (Å²) in [5, 5.41) is 12.1. The number of benzene rings is 1. The van der Waals surface area contributed by atoms with Crippen molar-refractivity contribution in [3.63, 3.8) is 0 Å². The van der Waals surface area contributed by atoms with E-state index in [2.05, 4.69) is 5.32 Å². The summed E-state index contributed by atoms with van der Waals surface area (Å²) in [6.07, 6.45) is 0.841. The zero-order valence-electron chi connectivity index (χ0n) is 8.12. The summed E-state index contributed by atoms with van der Waals surface area (Å²) in [5.41, 5.74) is 6.80. The lowest BCUT2D eigenvalue weighted by Crippen LogP contribution is -2.05. The summed E-state index contributed by atoms with van der Waals surface area (Å²) < 4.78 is 5.40. The van der Waals surface area contributed by atoms with E-state index < -0.39 is 5.97 Å². The minimum atomic E-state index is -1.03. The van der Waals surface area contributed by atoms with Crippen LogP contribution in [0.15, 0.2) is 12.1 Å². The summed E-state index contributed by atoms with van der Waals surface area (Å²) in [7, 11) is 0. The highest BCUT2D eigenvalue weighted by molar-refractivity contribution is 5.95. The maximum absolute atomic E-state index is 11.0. The fourth-order valence-electron chi connectivity index (χ4n) is 1.57. The van der Waals surface area contributed by atoms with Gasteiger partial charge in [-0.2, -0.15) is 0 Å². The van der Waals surface area contributed by atoms with E-state index in [-0.39, 0.29) is 5.56 Å². The van der Waals surface area contributed by atoms with E-state index in [0.29, 0.717) is 23.7 Å². The Morgan fingerprint density at radius 1 is 1.53 bits per heavy atom. The van der Waals surface area contributed by atoms with Crippen LogP contribution in [0.3, 0.4) is 0 Å². The van der Waals surface area contributed by atoms with Crippen molar-refractivity contribution in [2.24, 2.45) is 0 Å². The highest BCUT2D eigenvalue weighted by Gasteiger charge is 2.18. The second-order valence-corrected chi connectivity index (χ2v) is 3.38. The lowest BCUT2D eigenvalue weighted by atomic mass is 10.1. The van der Waals surface area contributed by atoms with Gasteiger partial charge in [0.1, 0.15) is 5.56 Å². The van der Waals surface area contributed by atoms with Gasteiger partial charge in [-0.3, -0.25) is 0 Å². The normalized spacial score (nSPS) is 14.4. The Kier molecular flexibility index (Phi) is 2.37. The van der Waals surface area contributed by atoms with Crippen molar-refractivity contribution < 1.29 is 14.6 Å². The van der Waals surface area contributed by atoms with Gasteiger partial charge in [0.25, 0.3) is 0 Å². The Bertz CT molecular complexity index is 404. The van der Waals surface area contributed by atoms with Crippen LogP contribution in [0.25, 0.3) is 0 Å². The van der Waals surface area contributed by atoms with E-state index in [9.17, 15) is 4.79 Å². The third-order valence-corrected chi connectivity index (χ3v) is 2.22. The van der Waals surface area contributed by atoms with E-state index in [4.69, 9.17) is 15.6 Å². The molecule has 0 amide bonds. The number of ether oxygens (including phenoxy) is 1. The molecule has 5 heteroatoms. The minimum Gasteiger partial charge on any atom is -0.490 e. The smallest absolute Gasteiger partial charge is 0.339 e. The molecule has 0 fully saturated rings. The fourth-order valence-corrected chi connectivity index (χ4v) is 1.57. The van der Waals surface area contributed by atoms with Gasteiger partial charge in [0.05, 0.1) is 12.3 Å². The van der Waals surface area contributed by atoms with Gasteiger partial charge in [0, 0.05) is 12.2 Å². The van der Waals surface area contributed by atoms with E-state index in [1.54, 1.807) is 6.07 Å². The van der Waals surface area contributed by atoms with Crippen LogP contribution < -0.4 is 15.8 Å². The third kappa shape index (κ3) is 1.81. The van der Waals surface area contributed by atoms with Crippen molar-refractivity contribution in [3.8, 4) is 5.75 Å². The average molecular weight is 208 g/mol. The molecule has 2 rings (SSSR count). The van der Waals surface area contributed by atoms with Gasteiger partial charge in [0.2, 0.25) is 0 Å². The lowest BCUT2D eigenvalue weighted by molar-refractivity contribution is 0.0692. The number of rotatable bonds is 1. The molecule has 0 aliphatic carbocycles. The number of aromatic carboxylic acids is 1. The topological polar surface area (TPSA) is 84.6 Å². The average Bonchev–Trinajstić information content (AvgIpc) is 2.41. The molecule has 5 nitrogen and oxygen atoms in total. The number of fused-ring (bicyclic) bond motifs is 1. The second kappa shape index (κ2) is 3.68. The van der Waals surface area contributed by atoms with Crippen molar-refractivity contribution in [1.82, 2.24) is 0 Å². The van der Waals surface area contributed by atoms with Gasteiger partial charge < -0.3 is 20.9 Å². The second-order valence-electron chi connectivity index (χ2n) is 3.38. The fraction of sp³-hybridized carbons (Fsp3) is 0.300. The highest BCUT2D eigenvalue weighted by Crippen LogP contribution is 2.33. The maximum atomic E-state index is 11.0. The number of nitrogens with one attached hydrogen (secondary N) is 1. The molecule has 1 aliphatic rings. The molecule has 1 heterocycles. The van der Waals surface area contributed by atoms with Crippen LogP contribution in [-0.4, -0.2) is 24.2 Å². The van der Waals surface area contributed by atoms with Crippen LogP contribution in [0.4, 0.5) is 11.4 Å². The molecule has 0 saturated heterocycles. The van der Waals surface area contributed by atoms with Crippen LogP contribution in [0, 0.1) is 0 Å². The van der Waals surface area contributed by atoms with E-state index in [1.807, 2.05) is 0 Å². The molecular formula is C10H12N2O3. The van der Waals surface area contributed by atoms with Crippen LogP contribution in [0.5, 0.6) is 5.75 Å². The molecule has 0 spiro atoms. The molecule has 80 valence electrons. The molecule has 15 heavy (non-hydrogen) atoms. The Morgan fingerprint density at radius 2 is 2.33 bits per heavy atom. The van der Waals surface area contributed by atoms with Gasteiger partial charge in [-0.15, -0.1) is 0 Å². The number of anilines is 2. The number of hydrogen-bond acceptors (Lipinski definition) is 4. The van der Waals surface area contributed by atoms with Crippen LogP contribution >= 0.6 is 0 Å². The standard InChI is InChI=1S/C10H12N2O3/c11-6-4-7(10(13)14)9-8(5-6)12-2-1-3-15-9/h4-5,12H,1-3,11H2,(H,13,14). The summed E-state index contributed by atoms with van der Waals surface area (Å²) >= 11 is 0. The Morgan fingerprint density at radius 3 is 3.07 bits per heavy atom. The molecule has 0 radical (unpaired) electrons. The molecule has 4 N–H and O–H groups in total. The summed E-state index contributed by atoms with van der Waals surface area (Å²) in [5.74, 6) is -0.642. The van der Waals surface area contributed by atoms with Gasteiger partial charge in [-0.05, 0) is 18.6 Å². The molecule has 0 unspecified atom stereocenters. The molecule has 0 saturated carbocycles. The first-order valence-electron chi connectivity index (χ1n) is 4.72. The number of hydrogen-bond donors (Lipinski definition) is 3. The van der Waals surface area contributed by atoms with E-state index in [1.165, 1.54) is 6.07 Å². The zero-order valence-corrected chi connectivity index (χ0v) is 8.12. The molecule has 0 bridgehead atoms. The Hall–Kier alpha value is -1.91. The molecule has 0 aromatic heterocycles. The first-order valence-corrected chi connectivity index (χ1v) is 4.72. The summed E-state index contributed by atoms with van der Waals surface area (Å²) in [6, 6.07) is 3.10. The SMILES string of the molecule is Nc1cc2c(c(C(=O)O)c1)OCCCN2. The number of carboxylic acid groups (broad SMARTS) is 1. The van der Waals surface area contributed by atoms with Crippen molar-refractivity contribution in [3.05, 3.63) is 17.7 Å². The Labute approximate surface area is 86.8 Å². The largest absolute Gasteiger partial charge is 0.490 e. The quantitative estimate of drug-likeness (QED) is 0.603. The third-order valence-electron chi connectivity index (χ3n) is 2.22. The van der Waals surface area contributed by atoms with Gasteiger partial charge >= 0.3 is 5.97 Å². The molecule has 0 atom stereocenters. The van der Waals surface area contributed by atoms with Crippen LogP contribution in [0.2, 0.25) is 0 Å². The zero-order chi connectivity index (χ0) is 10.8. The predicted octanol–water partition coefficient (Wildman–Crippen LogP) is 1.16. The van der Waals surface area contributed by atoms with Gasteiger partial charge in [0.15, 0.2) is 5.75 Å². The number of nitrogen functional groups attached to an aromatic ring is 1. The number of carboxylic acids is 1. The first-order chi connectivity index (χ1) is 7.18. The maximum Gasteiger partial charge on any atom is 0.339 e. The molecule has 1 aromatic rings. The predicted molar refractivity (Wildman–Crippen MR) is 56.4 cm³/mol. The number of carbonyl (C=O) groups is 1. The van der Waals surface area contributed by atoms with Gasteiger partial charge in [-0.25, -0.2) is 4.79 Å². The number of nitrogens with two attached hydrogens (primary N) is 1. The first kappa shape index (κ1) is 9.64. The van der Waals surface area contributed by atoms with Crippen molar-refractivity contribution in [2.45, 2.75) is 6.42 Å². The molecule has 1 aromatic carbocycles. The van der Waals surface area contributed by atoms with Crippen LogP contribution in [-0.2, 0) is 0 Å². The van der Waals surface area contributed by atoms with Gasteiger partial charge in [-0.1, -0.05) is 0 Å². The van der Waals surface area contributed by atoms with E-state index >= 15 is 0 Å². The summed E-state index contributed by atoms with van der Waals surface area (Å²) in [6.45, 7) is 1.28. The summed E-state index contributed by atoms with van der Waals surface area (Å²) in [4.78, 5) is 11.0. The van der Waals surface area contributed by atoms with Crippen LogP contribution in [0.1, 0.15) is 16.8 Å². The molecular weight excluding hydrogens is 196 g/mol. The minimum absolute atomic E-state index is 0.111. The highest BCUT2D eigenvalue weighted by atomic mass is 16.5. The van der Waals surface area contributed by atoms with E-state index in [0.717, 1.165) is 13.0 Å². The van der Waals surface area contributed by atoms with Crippen molar-refractivity contribution >= 4 is 17.3 Å². The van der Waals surface area contributed by atoms with Crippen molar-refractivity contribution in [1.29, 1.82) is 0 Å².